The number of hydrogen-bond donors (Lipinski definition) is 1. The Hall–Kier alpha value is -0.510. The summed E-state index contributed by atoms with van der Waals surface area (Å²) in [6.07, 6.45) is 2.88. The number of rotatable bonds is 6. The van der Waals surface area contributed by atoms with Crippen LogP contribution in [0.4, 0.5) is 0 Å². The van der Waals surface area contributed by atoms with E-state index in [1.54, 1.807) is 0 Å². The molecule has 3 heteroatoms. The lowest BCUT2D eigenvalue weighted by atomic mass is 10.1. The first-order valence-corrected chi connectivity index (χ1v) is 8.09. The molecule has 1 aliphatic heterocycles. The van der Waals surface area contributed by atoms with E-state index in [9.17, 15) is 0 Å². The van der Waals surface area contributed by atoms with Crippen LogP contribution in [0.2, 0.25) is 0 Å². The third kappa shape index (κ3) is 4.83. The highest BCUT2D eigenvalue weighted by atomic mass is 32.2. The first-order chi connectivity index (χ1) is 9.15. The van der Waals surface area contributed by atoms with Crippen molar-refractivity contribution in [2.24, 2.45) is 0 Å². The van der Waals surface area contributed by atoms with Crippen LogP contribution in [-0.2, 0) is 4.74 Å². The van der Waals surface area contributed by atoms with Crippen molar-refractivity contribution < 1.29 is 4.74 Å². The van der Waals surface area contributed by atoms with E-state index in [1.807, 2.05) is 11.8 Å². The fourth-order valence-corrected chi connectivity index (χ4v) is 3.37. The molecule has 1 aromatic carbocycles. The zero-order chi connectivity index (χ0) is 13.7. The van der Waals surface area contributed by atoms with E-state index in [0.717, 1.165) is 19.7 Å². The van der Waals surface area contributed by atoms with Gasteiger partial charge in [-0.3, -0.25) is 0 Å². The summed E-state index contributed by atoms with van der Waals surface area (Å²) in [5.74, 6) is 0. The molecule has 19 heavy (non-hydrogen) atoms. The van der Waals surface area contributed by atoms with Crippen molar-refractivity contribution in [3.63, 3.8) is 0 Å². The van der Waals surface area contributed by atoms with E-state index in [2.05, 4.69) is 44.3 Å². The molecule has 2 rings (SSSR count). The van der Waals surface area contributed by atoms with Crippen molar-refractivity contribution in [2.75, 3.05) is 19.7 Å². The van der Waals surface area contributed by atoms with Crippen LogP contribution in [0.25, 0.3) is 0 Å². The molecule has 0 radical (unpaired) electrons. The predicted octanol–water partition coefficient (Wildman–Crippen LogP) is 3.55. The molecule has 0 saturated carbocycles. The van der Waals surface area contributed by atoms with E-state index in [4.69, 9.17) is 4.74 Å². The van der Waals surface area contributed by atoms with E-state index in [-0.39, 0.29) is 0 Å². The summed E-state index contributed by atoms with van der Waals surface area (Å²) in [6, 6.07) is 6.73. The number of benzene rings is 1. The molecular formula is C16H25NOS. The first kappa shape index (κ1) is 14.9. The summed E-state index contributed by atoms with van der Waals surface area (Å²) in [5.41, 5.74) is 2.75. The molecule has 1 heterocycles. The second-order valence-electron chi connectivity index (χ2n) is 5.47. The molecule has 1 N–H and O–H groups in total. The van der Waals surface area contributed by atoms with Gasteiger partial charge in [0.25, 0.3) is 0 Å². The second-order valence-corrected chi connectivity index (χ2v) is 6.98. The summed E-state index contributed by atoms with van der Waals surface area (Å²) in [7, 11) is 0. The van der Waals surface area contributed by atoms with Crippen LogP contribution in [0, 0.1) is 13.8 Å². The van der Waals surface area contributed by atoms with Gasteiger partial charge in [0.2, 0.25) is 0 Å². The summed E-state index contributed by atoms with van der Waals surface area (Å²) in [6.45, 7) is 9.60. The van der Waals surface area contributed by atoms with Crippen LogP contribution >= 0.6 is 11.8 Å². The number of ether oxygens (including phenoxy) is 1. The fraction of sp³-hybridized carbons (Fsp3) is 0.625. The highest BCUT2D eigenvalue weighted by Gasteiger charge is 2.15. The standard InChI is InChI=1S/C16H25NOS/c1-12-6-7-16(9-13(12)2)19-14(3)10-17-11-15-5-4-8-18-15/h6-7,9,14-15,17H,4-5,8,10-11H2,1-3H3. The van der Waals surface area contributed by atoms with Crippen LogP contribution in [0.1, 0.15) is 30.9 Å². The molecule has 0 amide bonds. The normalized spacial score (nSPS) is 20.7. The SMILES string of the molecule is Cc1ccc(SC(C)CNCC2CCCO2)cc1C. The Kier molecular flexibility index (Phi) is 5.74. The first-order valence-electron chi connectivity index (χ1n) is 7.21. The van der Waals surface area contributed by atoms with Gasteiger partial charge in [0.1, 0.15) is 0 Å². The Labute approximate surface area is 121 Å². The summed E-state index contributed by atoms with van der Waals surface area (Å²) in [4.78, 5) is 1.37. The summed E-state index contributed by atoms with van der Waals surface area (Å²) >= 11 is 1.95. The molecule has 2 unspecified atom stereocenters. The van der Waals surface area contributed by atoms with Gasteiger partial charge in [0.15, 0.2) is 0 Å². The Morgan fingerprint density at radius 3 is 2.89 bits per heavy atom. The smallest absolute Gasteiger partial charge is 0.0700 e. The van der Waals surface area contributed by atoms with Crippen molar-refractivity contribution in [1.82, 2.24) is 5.32 Å². The van der Waals surface area contributed by atoms with Crippen molar-refractivity contribution in [2.45, 2.75) is 49.9 Å². The van der Waals surface area contributed by atoms with Crippen molar-refractivity contribution in [3.05, 3.63) is 29.3 Å². The molecule has 0 spiro atoms. The van der Waals surface area contributed by atoms with Crippen LogP contribution < -0.4 is 5.32 Å². The van der Waals surface area contributed by atoms with E-state index in [0.29, 0.717) is 11.4 Å². The number of nitrogens with one attached hydrogen (secondary N) is 1. The molecule has 0 aliphatic carbocycles. The van der Waals surface area contributed by atoms with Gasteiger partial charge in [0.05, 0.1) is 6.10 Å². The van der Waals surface area contributed by atoms with Crippen molar-refractivity contribution in [1.29, 1.82) is 0 Å². The fourth-order valence-electron chi connectivity index (χ4n) is 2.31. The summed E-state index contributed by atoms with van der Waals surface area (Å²) < 4.78 is 5.61. The maximum Gasteiger partial charge on any atom is 0.0700 e. The lowest BCUT2D eigenvalue weighted by Gasteiger charge is -2.15. The summed E-state index contributed by atoms with van der Waals surface area (Å²) in [5, 5.41) is 4.11. The Bertz CT molecular complexity index is 402. The minimum absolute atomic E-state index is 0.443. The molecule has 2 nitrogen and oxygen atoms in total. The Morgan fingerprint density at radius 2 is 2.21 bits per heavy atom. The Balaban J connectivity index is 1.70. The molecule has 1 fully saturated rings. The molecule has 0 aromatic heterocycles. The molecule has 1 aliphatic rings. The lowest BCUT2D eigenvalue weighted by molar-refractivity contribution is 0.110. The van der Waals surface area contributed by atoms with Crippen molar-refractivity contribution >= 4 is 11.8 Å². The lowest BCUT2D eigenvalue weighted by Crippen LogP contribution is -2.30. The van der Waals surface area contributed by atoms with Gasteiger partial charge in [-0.05, 0) is 49.9 Å². The highest BCUT2D eigenvalue weighted by molar-refractivity contribution is 8.00. The monoisotopic (exact) mass is 279 g/mol. The maximum absolute atomic E-state index is 5.61. The largest absolute Gasteiger partial charge is 0.377 e. The number of thioether (sulfide) groups is 1. The second kappa shape index (κ2) is 7.32. The zero-order valence-corrected chi connectivity index (χ0v) is 13.1. The van der Waals surface area contributed by atoms with Gasteiger partial charge in [0, 0.05) is 29.8 Å². The molecule has 106 valence electrons. The minimum Gasteiger partial charge on any atom is -0.377 e. The van der Waals surface area contributed by atoms with Gasteiger partial charge in [-0.25, -0.2) is 0 Å². The number of hydrogen-bond acceptors (Lipinski definition) is 3. The van der Waals surface area contributed by atoms with Crippen LogP contribution in [0.15, 0.2) is 23.1 Å². The Morgan fingerprint density at radius 1 is 1.37 bits per heavy atom. The van der Waals surface area contributed by atoms with Gasteiger partial charge in [-0.2, -0.15) is 0 Å². The van der Waals surface area contributed by atoms with Gasteiger partial charge >= 0.3 is 0 Å². The molecule has 1 aromatic rings. The van der Waals surface area contributed by atoms with Gasteiger partial charge < -0.3 is 10.1 Å². The third-order valence-corrected chi connectivity index (χ3v) is 4.74. The van der Waals surface area contributed by atoms with E-state index >= 15 is 0 Å². The predicted molar refractivity (Wildman–Crippen MR) is 83.1 cm³/mol. The molecule has 1 saturated heterocycles. The maximum atomic E-state index is 5.61. The van der Waals surface area contributed by atoms with Crippen LogP contribution in [-0.4, -0.2) is 31.1 Å². The van der Waals surface area contributed by atoms with E-state index in [1.165, 1.54) is 28.9 Å². The van der Waals surface area contributed by atoms with Gasteiger partial charge in [-0.15, -0.1) is 11.8 Å². The van der Waals surface area contributed by atoms with Crippen LogP contribution in [0.3, 0.4) is 0 Å². The topological polar surface area (TPSA) is 21.3 Å². The highest BCUT2D eigenvalue weighted by Crippen LogP contribution is 2.25. The zero-order valence-electron chi connectivity index (χ0n) is 12.2. The minimum atomic E-state index is 0.443. The third-order valence-electron chi connectivity index (χ3n) is 3.64. The average Bonchev–Trinajstić information content (AvgIpc) is 2.87. The average molecular weight is 279 g/mol. The molecule has 0 bridgehead atoms. The van der Waals surface area contributed by atoms with Gasteiger partial charge in [-0.1, -0.05) is 13.0 Å². The quantitative estimate of drug-likeness (QED) is 0.805. The molecule has 2 atom stereocenters. The molecular weight excluding hydrogens is 254 g/mol. The van der Waals surface area contributed by atoms with E-state index < -0.39 is 0 Å². The van der Waals surface area contributed by atoms with Crippen molar-refractivity contribution in [3.8, 4) is 0 Å². The van der Waals surface area contributed by atoms with Crippen LogP contribution in [0.5, 0.6) is 0 Å². The number of aryl methyl sites for hydroxylation is 2.